The minimum atomic E-state index is -0.127. The van der Waals surface area contributed by atoms with Crippen LogP contribution in [0.4, 0.5) is 0 Å². The molecule has 1 aliphatic rings. The maximum absolute atomic E-state index is 12.4. The topological polar surface area (TPSA) is 52.6 Å². The minimum absolute atomic E-state index is 0.127. The van der Waals surface area contributed by atoms with Gasteiger partial charge in [-0.05, 0) is 74.6 Å². The average molecular weight is 545 g/mol. The molecule has 0 amide bonds. The van der Waals surface area contributed by atoms with Crippen molar-refractivity contribution in [3.8, 4) is 11.5 Å². The minimum Gasteiger partial charge on any atom is -0.426 e. The summed E-state index contributed by atoms with van der Waals surface area (Å²) < 4.78 is 11.4. The van der Waals surface area contributed by atoms with E-state index in [9.17, 15) is 9.59 Å². The van der Waals surface area contributed by atoms with E-state index >= 15 is 0 Å². The van der Waals surface area contributed by atoms with E-state index in [1.165, 1.54) is 38.5 Å². The highest BCUT2D eigenvalue weighted by Crippen LogP contribution is 2.22. The zero-order valence-electron chi connectivity index (χ0n) is 24.3. The van der Waals surface area contributed by atoms with Crippen molar-refractivity contribution < 1.29 is 19.1 Å². The van der Waals surface area contributed by atoms with Gasteiger partial charge in [0, 0.05) is 12.8 Å². The molecule has 3 rings (SSSR count). The molecule has 2 aromatic rings. The number of carbonyl (C=O) groups excluding carboxylic acids is 2. The molecule has 0 aliphatic carbocycles. The van der Waals surface area contributed by atoms with Gasteiger partial charge < -0.3 is 9.47 Å². The lowest BCUT2D eigenvalue weighted by molar-refractivity contribution is -0.135. The van der Waals surface area contributed by atoms with Gasteiger partial charge in [0.2, 0.25) is 0 Å². The summed E-state index contributed by atoms with van der Waals surface area (Å²) in [6, 6.07) is 15.7. The van der Waals surface area contributed by atoms with Gasteiger partial charge in [-0.25, -0.2) is 0 Å². The summed E-state index contributed by atoms with van der Waals surface area (Å²) in [4.78, 5) is 24.8. The lowest BCUT2D eigenvalue weighted by atomic mass is 10.1. The number of allylic oxidation sites excluding steroid dienone is 4. The predicted molar refractivity (Wildman–Crippen MR) is 164 cm³/mol. The van der Waals surface area contributed by atoms with Crippen molar-refractivity contribution in [1.29, 1.82) is 0 Å². The van der Waals surface area contributed by atoms with Crippen molar-refractivity contribution in [2.75, 3.05) is 0 Å². The number of ether oxygens (including phenoxy) is 2. The molecule has 2 aromatic carbocycles. The van der Waals surface area contributed by atoms with Gasteiger partial charge in [0.1, 0.15) is 11.5 Å². The molecule has 1 heterocycles. The van der Waals surface area contributed by atoms with Crippen molar-refractivity contribution >= 4 is 11.9 Å². The highest BCUT2D eigenvalue weighted by molar-refractivity contribution is 5.73. The maximum atomic E-state index is 12.4. The van der Waals surface area contributed by atoms with E-state index in [-0.39, 0.29) is 11.9 Å². The van der Waals surface area contributed by atoms with E-state index < -0.39 is 0 Å². The number of esters is 2. The fourth-order valence-electron chi connectivity index (χ4n) is 5.02. The third-order valence-corrected chi connectivity index (χ3v) is 7.41. The zero-order valence-corrected chi connectivity index (χ0v) is 24.3. The van der Waals surface area contributed by atoms with Gasteiger partial charge in [0.15, 0.2) is 0 Å². The van der Waals surface area contributed by atoms with Crippen LogP contribution in [-0.2, 0) is 22.4 Å². The number of hydrogen-bond acceptors (Lipinski definition) is 4. The second-order valence-electron chi connectivity index (χ2n) is 10.8. The summed E-state index contributed by atoms with van der Waals surface area (Å²) in [5.41, 5.74) is 2.12. The van der Waals surface area contributed by atoms with Gasteiger partial charge in [-0.3, -0.25) is 9.59 Å². The summed E-state index contributed by atoms with van der Waals surface area (Å²) in [6.45, 7) is 0. The fraction of sp³-hybridized carbons (Fsp3) is 0.500. The summed E-state index contributed by atoms with van der Waals surface area (Å²) in [5.74, 6) is 1.13. The van der Waals surface area contributed by atoms with Gasteiger partial charge in [0.05, 0.1) is 0 Å². The van der Waals surface area contributed by atoms with E-state index in [0.29, 0.717) is 24.3 Å². The smallest absolute Gasteiger partial charge is 0.311 e. The van der Waals surface area contributed by atoms with Gasteiger partial charge in [0.25, 0.3) is 0 Å². The van der Waals surface area contributed by atoms with E-state index in [1.54, 1.807) is 0 Å². The first-order chi connectivity index (χ1) is 19.7. The summed E-state index contributed by atoms with van der Waals surface area (Å²) >= 11 is 0. The van der Waals surface area contributed by atoms with Crippen LogP contribution in [0.2, 0.25) is 0 Å². The molecule has 40 heavy (non-hydrogen) atoms. The molecule has 1 aliphatic heterocycles. The molecule has 0 atom stereocenters. The van der Waals surface area contributed by atoms with E-state index in [4.69, 9.17) is 9.47 Å². The lowest BCUT2D eigenvalue weighted by Crippen LogP contribution is -2.09. The molecule has 0 radical (unpaired) electrons. The number of hydrogen-bond donors (Lipinski definition) is 0. The van der Waals surface area contributed by atoms with Crippen molar-refractivity contribution in [3.05, 3.63) is 84.0 Å². The molecule has 0 bridgehead atoms. The summed E-state index contributed by atoms with van der Waals surface area (Å²) in [7, 11) is 0. The monoisotopic (exact) mass is 544 g/mol. The largest absolute Gasteiger partial charge is 0.426 e. The van der Waals surface area contributed by atoms with Gasteiger partial charge in [-0.15, -0.1) is 0 Å². The van der Waals surface area contributed by atoms with Crippen LogP contribution in [0, 0.1) is 0 Å². The molecule has 0 N–H and O–H groups in total. The second kappa shape index (κ2) is 19.8. The third-order valence-electron chi connectivity index (χ3n) is 7.41. The SMILES string of the molecule is O=C1CCCCCCCCC=CCc2ccccc2OC(=O)CCCCCCCCC=CCc2ccccc2O1. The molecule has 4 nitrogen and oxygen atoms in total. The number of benzene rings is 2. The van der Waals surface area contributed by atoms with Crippen LogP contribution in [0.25, 0.3) is 0 Å². The first kappa shape index (κ1) is 31.4. The normalized spacial score (nSPS) is 18.5. The van der Waals surface area contributed by atoms with Crippen molar-refractivity contribution in [1.82, 2.24) is 0 Å². The first-order valence-corrected chi connectivity index (χ1v) is 15.6. The Labute approximate surface area is 241 Å². The number of para-hydroxylation sites is 2. The molecule has 0 spiro atoms. The molecule has 0 saturated carbocycles. The van der Waals surface area contributed by atoms with Crippen LogP contribution in [0.5, 0.6) is 11.5 Å². The Hall–Kier alpha value is -3.14. The number of fused-ring (bicyclic) bond motifs is 2. The van der Waals surface area contributed by atoms with Crippen LogP contribution >= 0.6 is 0 Å². The Balaban J connectivity index is 1.48. The van der Waals surface area contributed by atoms with Crippen molar-refractivity contribution in [3.63, 3.8) is 0 Å². The molecule has 4 heteroatoms. The third kappa shape index (κ3) is 13.3. The molecule has 0 saturated heterocycles. The average Bonchev–Trinajstić information content (AvgIpc) is 2.95. The zero-order chi connectivity index (χ0) is 28.1. The molecule has 0 aromatic heterocycles. The van der Waals surface area contributed by atoms with Crippen LogP contribution in [0.3, 0.4) is 0 Å². The van der Waals surface area contributed by atoms with E-state index in [2.05, 4.69) is 24.3 Å². The van der Waals surface area contributed by atoms with Gasteiger partial charge >= 0.3 is 11.9 Å². The number of carbonyl (C=O) groups is 2. The highest BCUT2D eigenvalue weighted by atomic mass is 16.5. The Kier molecular flexibility index (Phi) is 15.6. The fourth-order valence-corrected chi connectivity index (χ4v) is 5.02. The van der Waals surface area contributed by atoms with Gasteiger partial charge in [-0.2, -0.15) is 0 Å². The molecule has 216 valence electrons. The second-order valence-corrected chi connectivity index (χ2v) is 10.8. The standard InChI is InChI=1S/C36H48O4/c37-35-29-17-13-9-5-1-3-7-11-15-23-31-25-19-21-27-33(31)40-36(38)30-18-14-10-6-2-4-8-12-16-24-32-26-20-22-28-34(32)39-35/h11-12,15-16,19-22,25-28H,1-10,13-14,17-18,23-24,29-30H2. The molecular weight excluding hydrogens is 496 g/mol. The Morgan fingerprint density at radius 3 is 1.25 bits per heavy atom. The van der Waals surface area contributed by atoms with E-state index in [1.807, 2.05) is 48.5 Å². The molecule has 0 fully saturated rings. The Morgan fingerprint density at radius 2 is 0.800 bits per heavy atom. The quantitative estimate of drug-likeness (QED) is 0.188. The van der Waals surface area contributed by atoms with Gasteiger partial charge in [-0.1, -0.05) is 112 Å². The molecule has 0 unspecified atom stereocenters. The lowest BCUT2D eigenvalue weighted by Gasteiger charge is -2.09. The summed E-state index contributed by atoms with van der Waals surface area (Å²) in [5, 5.41) is 0. The van der Waals surface area contributed by atoms with Crippen LogP contribution in [0.15, 0.2) is 72.8 Å². The Morgan fingerprint density at radius 1 is 0.425 bits per heavy atom. The maximum Gasteiger partial charge on any atom is 0.311 e. The molecular formula is C36H48O4. The first-order valence-electron chi connectivity index (χ1n) is 15.6. The van der Waals surface area contributed by atoms with E-state index in [0.717, 1.165) is 75.3 Å². The van der Waals surface area contributed by atoms with Crippen LogP contribution in [-0.4, -0.2) is 11.9 Å². The van der Waals surface area contributed by atoms with Crippen molar-refractivity contribution in [2.45, 2.75) is 116 Å². The predicted octanol–water partition coefficient (Wildman–Crippen LogP) is 9.65. The highest BCUT2D eigenvalue weighted by Gasteiger charge is 2.09. The number of rotatable bonds is 0. The summed E-state index contributed by atoms with van der Waals surface area (Å²) in [6.07, 6.45) is 26.8. The van der Waals surface area contributed by atoms with Crippen LogP contribution in [0.1, 0.15) is 114 Å². The Bertz CT molecular complexity index is 982. The van der Waals surface area contributed by atoms with Crippen molar-refractivity contribution in [2.24, 2.45) is 0 Å². The van der Waals surface area contributed by atoms with Crippen LogP contribution < -0.4 is 9.47 Å².